The summed E-state index contributed by atoms with van der Waals surface area (Å²) in [4.78, 5) is 17.5. The van der Waals surface area contributed by atoms with Crippen LogP contribution in [0.2, 0.25) is 0 Å². The topological polar surface area (TPSA) is 48.5 Å². The van der Waals surface area contributed by atoms with Gasteiger partial charge in [-0.15, -0.1) is 0 Å². The van der Waals surface area contributed by atoms with Gasteiger partial charge in [0, 0.05) is 25.7 Å². The van der Waals surface area contributed by atoms with E-state index in [0.29, 0.717) is 12.1 Å². The molecule has 0 aliphatic carbocycles. The maximum Gasteiger partial charge on any atom is 0.259 e. The highest BCUT2D eigenvalue weighted by Gasteiger charge is 2.39. The van der Waals surface area contributed by atoms with Gasteiger partial charge >= 0.3 is 0 Å². The molecule has 3 heterocycles. The third-order valence-corrected chi connectivity index (χ3v) is 5.84. The first kappa shape index (κ1) is 14.8. The first-order valence-electron chi connectivity index (χ1n) is 7.78. The van der Waals surface area contributed by atoms with Crippen LogP contribution in [0.5, 0.6) is 0 Å². The lowest BCUT2D eigenvalue weighted by Gasteiger charge is -2.33. The number of rotatable bonds is 3. The fraction of sp³-hybridized carbons (Fsp3) is 0.733. The van der Waals surface area contributed by atoms with Gasteiger partial charge in [0.25, 0.3) is 5.91 Å². The zero-order valence-electron chi connectivity index (χ0n) is 13.1. The van der Waals surface area contributed by atoms with Crippen LogP contribution in [0.4, 0.5) is 5.00 Å². The normalized spacial score (nSPS) is 26.5. The van der Waals surface area contributed by atoms with E-state index >= 15 is 0 Å². The van der Waals surface area contributed by atoms with Gasteiger partial charge in [-0.1, -0.05) is 0 Å². The van der Waals surface area contributed by atoms with Crippen molar-refractivity contribution in [1.29, 1.82) is 0 Å². The molecule has 2 atom stereocenters. The number of carbonyl (C=O) groups excluding carboxylic acids is 1. The van der Waals surface area contributed by atoms with Crippen molar-refractivity contribution in [2.45, 2.75) is 44.7 Å². The molecule has 3 rings (SSSR count). The minimum Gasteiger partial charge on any atom is -0.378 e. The monoisotopic (exact) mass is 308 g/mol. The second-order valence-corrected chi connectivity index (χ2v) is 6.89. The molecule has 1 aromatic rings. The van der Waals surface area contributed by atoms with Crippen LogP contribution in [0.3, 0.4) is 0 Å². The van der Waals surface area contributed by atoms with E-state index in [1.54, 1.807) is 0 Å². The van der Waals surface area contributed by atoms with Crippen LogP contribution in [0.1, 0.15) is 41.7 Å². The molecule has 0 radical (unpaired) electrons. The van der Waals surface area contributed by atoms with Crippen LogP contribution in [0.25, 0.3) is 0 Å². The highest BCUT2D eigenvalue weighted by Crippen LogP contribution is 2.33. The Morgan fingerprint density at radius 1 is 1.29 bits per heavy atom. The number of anilines is 1. The van der Waals surface area contributed by atoms with Crippen LogP contribution >= 0.6 is 11.5 Å². The van der Waals surface area contributed by atoms with E-state index in [-0.39, 0.29) is 5.91 Å². The van der Waals surface area contributed by atoms with E-state index in [1.807, 2.05) is 14.0 Å². The summed E-state index contributed by atoms with van der Waals surface area (Å²) < 4.78 is 4.34. The molecule has 0 aromatic carbocycles. The Labute approximate surface area is 130 Å². The molecule has 2 saturated heterocycles. The molecule has 2 aliphatic heterocycles. The van der Waals surface area contributed by atoms with Gasteiger partial charge < -0.3 is 15.1 Å². The zero-order valence-corrected chi connectivity index (χ0v) is 13.9. The highest BCUT2D eigenvalue weighted by atomic mass is 32.1. The summed E-state index contributed by atoms with van der Waals surface area (Å²) in [6.07, 6.45) is 4.71. The van der Waals surface area contributed by atoms with Crippen LogP contribution in [0.15, 0.2) is 0 Å². The number of likely N-dealkylation sites (tertiary alicyclic amines) is 2. The fourth-order valence-electron chi connectivity index (χ4n) is 3.80. The smallest absolute Gasteiger partial charge is 0.259 e. The van der Waals surface area contributed by atoms with E-state index in [9.17, 15) is 4.79 Å². The van der Waals surface area contributed by atoms with E-state index in [1.165, 1.54) is 24.4 Å². The van der Waals surface area contributed by atoms with Gasteiger partial charge in [0.15, 0.2) is 0 Å². The predicted octanol–water partition coefficient (Wildman–Crippen LogP) is 2.19. The standard InChI is InChI=1S/C15H24N4OS/c1-10-13(14(16-2)21-17-10)15(20)19-9-5-7-12(19)11-6-4-8-18(11)3/h11-12,16H,4-9H2,1-3H3/t11-,12+/m0/s1. The molecule has 1 aromatic heterocycles. The maximum atomic E-state index is 13.0. The second kappa shape index (κ2) is 5.93. The SMILES string of the molecule is CNc1snc(C)c1C(=O)N1CCC[C@@H]1[C@@H]1CCCN1C. The molecule has 2 aliphatic rings. The number of nitrogens with one attached hydrogen (secondary N) is 1. The number of nitrogens with zero attached hydrogens (tertiary/aromatic N) is 3. The minimum absolute atomic E-state index is 0.161. The van der Waals surface area contributed by atoms with Gasteiger partial charge in [-0.3, -0.25) is 4.79 Å². The van der Waals surface area contributed by atoms with Crippen molar-refractivity contribution in [2.75, 3.05) is 32.5 Å². The Balaban J connectivity index is 1.84. The first-order chi connectivity index (χ1) is 10.1. The molecule has 116 valence electrons. The summed E-state index contributed by atoms with van der Waals surface area (Å²) in [5, 5.41) is 4.00. The van der Waals surface area contributed by atoms with E-state index < -0.39 is 0 Å². The molecular formula is C15H24N4OS. The predicted molar refractivity (Wildman–Crippen MR) is 86.1 cm³/mol. The number of hydrogen-bond donors (Lipinski definition) is 1. The molecule has 5 nitrogen and oxygen atoms in total. The largest absolute Gasteiger partial charge is 0.378 e. The summed E-state index contributed by atoms with van der Waals surface area (Å²) >= 11 is 1.38. The van der Waals surface area contributed by atoms with Crippen molar-refractivity contribution in [3.05, 3.63) is 11.3 Å². The van der Waals surface area contributed by atoms with Gasteiger partial charge in [0.1, 0.15) is 5.00 Å². The lowest BCUT2D eigenvalue weighted by Crippen LogP contribution is -2.47. The van der Waals surface area contributed by atoms with Crippen molar-refractivity contribution in [1.82, 2.24) is 14.2 Å². The van der Waals surface area contributed by atoms with Crippen LogP contribution in [-0.4, -0.2) is 59.3 Å². The molecule has 0 bridgehead atoms. The lowest BCUT2D eigenvalue weighted by atomic mass is 10.0. The Kier molecular flexibility index (Phi) is 4.17. The molecule has 1 N–H and O–H groups in total. The summed E-state index contributed by atoms with van der Waals surface area (Å²) in [6, 6.07) is 0.899. The van der Waals surface area contributed by atoms with Gasteiger partial charge in [0.05, 0.1) is 11.3 Å². The highest BCUT2D eigenvalue weighted by molar-refractivity contribution is 7.10. The second-order valence-electron chi connectivity index (χ2n) is 6.12. The van der Waals surface area contributed by atoms with Crippen molar-refractivity contribution >= 4 is 22.4 Å². The minimum atomic E-state index is 0.161. The van der Waals surface area contributed by atoms with Gasteiger partial charge in [-0.25, -0.2) is 0 Å². The lowest BCUT2D eigenvalue weighted by molar-refractivity contribution is 0.0665. The van der Waals surface area contributed by atoms with E-state index in [2.05, 4.69) is 26.5 Å². The molecule has 0 spiro atoms. The third-order valence-electron chi connectivity index (χ3n) is 4.88. The average molecular weight is 308 g/mol. The number of amides is 1. The Hall–Kier alpha value is -1.14. The van der Waals surface area contributed by atoms with Crippen LogP contribution in [0, 0.1) is 6.92 Å². The number of hydrogen-bond acceptors (Lipinski definition) is 5. The summed E-state index contributed by atoms with van der Waals surface area (Å²) in [6.45, 7) is 3.97. The number of likely N-dealkylation sites (N-methyl/N-ethyl adjacent to an activating group) is 1. The molecule has 21 heavy (non-hydrogen) atoms. The van der Waals surface area contributed by atoms with Crippen molar-refractivity contribution in [3.8, 4) is 0 Å². The first-order valence-corrected chi connectivity index (χ1v) is 8.56. The van der Waals surface area contributed by atoms with Crippen molar-refractivity contribution in [3.63, 3.8) is 0 Å². The molecule has 6 heteroatoms. The zero-order chi connectivity index (χ0) is 15.0. The van der Waals surface area contributed by atoms with Crippen LogP contribution < -0.4 is 5.32 Å². The Morgan fingerprint density at radius 3 is 2.67 bits per heavy atom. The van der Waals surface area contributed by atoms with Crippen molar-refractivity contribution < 1.29 is 4.79 Å². The number of aromatic nitrogens is 1. The van der Waals surface area contributed by atoms with Crippen LogP contribution in [-0.2, 0) is 0 Å². The van der Waals surface area contributed by atoms with E-state index in [0.717, 1.165) is 42.2 Å². The fourth-order valence-corrected chi connectivity index (χ4v) is 4.54. The van der Waals surface area contributed by atoms with Gasteiger partial charge in [0.2, 0.25) is 0 Å². The van der Waals surface area contributed by atoms with Crippen molar-refractivity contribution in [2.24, 2.45) is 0 Å². The van der Waals surface area contributed by atoms with Gasteiger partial charge in [-0.2, -0.15) is 4.37 Å². The Morgan fingerprint density at radius 2 is 2.00 bits per heavy atom. The summed E-state index contributed by atoms with van der Waals surface area (Å²) in [5.41, 5.74) is 1.62. The quantitative estimate of drug-likeness (QED) is 0.930. The maximum absolute atomic E-state index is 13.0. The number of aryl methyl sites for hydroxylation is 1. The van der Waals surface area contributed by atoms with Gasteiger partial charge in [-0.05, 0) is 57.7 Å². The summed E-state index contributed by atoms with van der Waals surface area (Å²) in [5.74, 6) is 0.161. The molecule has 1 amide bonds. The molecule has 0 saturated carbocycles. The summed E-state index contributed by atoms with van der Waals surface area (Å²) in [7, 11) is 4.05. The Bertz CT molecular complexity index is 530. The third kappa shape index (κ3) is 2.55. The molecular weight excluding hydrogens is 284 g/mol. The average Bonchev–Trinajstić information content (AvgIpc) is 3.16. The molecule has 0 unspecified atom stereocenters. The number of carbonyl (C=O) groups is 1. The molecule has 2 fully saturated rings. The van der Waals surface area contributed by atoms with E-state index in [4.69, 9.17) is 0 Å².